The molecule has 6 rings (SSSR count). The van der Waals surface area contributed by atoms with Gasteiger partial charge in [0, 0.05) is 0 Å². The molecule has 2 aliphatic carbocycles. The predicted molar refractivity (Wildman–Crippen MR) is 191 cm³/mol. The Morgan fingerprint density at radius 1 is 0.540 bits per heavy atom. The molecule has 0 unspecified atom stereocenters. The van der Waals surface area contributed by atoms with Crippen LogP contribution in [0.5, 0.6) is 0 Å². The van der Waals surface area contributed by atoms with Gasteiger partial charge in [0.25, 0.3) is 0 Å². The van der Waals surface area contributed by atoms with Gasteiger partial charge in [-0.2, -0.15) is 0 Å². The van der Waals surface area contributed by atoms with Crippen molar-refractivity contribution in [3.8, 4) is 11.1 Å². The molecule has 0 aliphatic heterocycles. The summed E-state index contributed by atoms with van der Waals surface area (Å²) in [4.78, 5) is 0. The minimum absolute atomic E-state index is 0.0520. The van der Waals surface area contributed by atoms with E-state index in [1.165, 1.54) is 24.3 Å². The van der Waals surface area contributed by atoms with E-state index in [0.717, 1.165) is 57.6 Å². The topological polar surface area (TPSA) is 0 Å². The second-order valence-electron chi connectivity index (χ2n) is 15.5. The molecule has 0 atom stereocenters. The van der Waals surface area contributed by atoms with E-state index >= 15 is 0 Å². The first-order valence-corrected chi connectivity index (χ1v) is 26.8. The Bertz CT molecular complexity index is 2000. The first-order chi connectivity index (χ1) is 23.0. The fraction of sp³-hybridized carbons (Fsp3) is 0.293. The van der Waals surface area contributed by atoms with Crippen LogP contribution in [-0.2, 0) is 39.1 Å². The Morgan fingerprint density at radius 2 is 0.940 bits per heavy atom. The zero-order chi connectivity index (χ0) is 36.7. The second kappa shape index (κ2) is 12.2. The van der Waals surface area contributed by atoms with Gasteiger partial charge in [0.05, 0.1) is 0 Å². The van der Waals surface area contributed by atoms with Crippen molar-refractivity contribution in [1.82, 2.24) is 0 Å². The summed E-state index contributed by atoms with van der Waals surface area (Å²) in [5.74, 6) is 0. The average Bonchev–Trinajstić information content (AvgIpc) is 3.67. The van der Waals surface area contributed by atoms with Gasteiger partial charge >= 0.3 is 299 Å². The van der Waals surface area contributed by atoms with Crippen molar-refractivity contribution in [2.75, 3.05) is 0 Å². The summed E-state index contributed by atoms with van der Waals surface area (Å²) in [6.45, 7) is 12.7. The van der Waals surface area contributed by atoms with Gasteiger partial charge in [-0.3, -0.25) is 0 Å². The van der Waals surface area contributed by atoms with Crippen LogP contribution < -0.4 is 0 Å². The summed E-state index contributed by atoms with van der Waals surface area (Å²) in [7, 11) is 16.7. The van der Waals surface area contributed by atoms with Crippen molar-refractivity contribution < 1.29 is 42.3 Å². The van der Waals surface area contributed by atoms with Crippen molar-refractivity contribution in [1.29, 1.82) is 0 Å². The van der Waals surface area contributed by atoms with Crippen LogP contribution in [0.15, 0.2) is 109 Å². The summed E-state index contributed by atoms with van der Waals surface area (Å²) >= 11 is -6.23. The third-order valence-corrected chi connectivity index (χ3v) is 29.7. The number of alkyl halides is 6. The molecule has 4 aromatic carbocycles. The molecule has 4 aromatic rings. The Morgan fingerprint density at radius 3 is 1.30 bits per heavy atom. The molecule has 0 radical (unpaired) electrons. The molecule has 50 heavy (non-hydrogen) atoms. The van der Waals surface area contributed by atoms with Crippen LogP contribution in [0.3, 0.4) is 0 Å². The summed E-state index contributed by atoms with van der Waals surface area (Å²) < 4.78 is 84.5. The summed E-state index contributed by atoms with van der Waals surface area (Å²) in [5.41, 5.74) is 3.42. The van der Waals surface area contributed by atoms with Crippen LogP contribution in [0.25, 0.3) is 11.1 Å². The van der Waals surface area contributed by atoms with Crippen LogP contribution in [0, 0.1) is 0 Å². The zero-order valence-corrected chi connectivity index (χ0v) is 32.5. The molecule has 0 aromatic heterocycles. The van der Waals surface area contributed by atoms with Gasteiger partial charge < -0.3 is 0 Å². The normalized spacial score (nSPS) is 15.8. The van der Waals surface area contributed by atoms with E-state index in [4.69, 9.17) is 17.0 Å². The monoisotopic (exact) mass is 804 g/mol. The summed E-state index contributed by atoms with van der Waals surface area (Å²) in [6, 6.07) is 21.7. The third-order valence-electron chi connectivity index (χ3n) is 10.1. The van der Waals surface area contributed by atoms with E-state index in [1.54, 1.807) is 12.2 Å². The van der Waals surface area contributed by atoms with Crippen molar-refractivity contribution >= 4 is 20.2 Å². The maximum absolute atomic E-state index is 14.3. The molecular formula is C41H38Cl2F6Zr. The molecule has 9 heteroatoms. The molecule has 0 fully saturated rings. The van der Waals surface area contributed by atoms with E-state index in [9.17, 15) is 26.3 Å². The van der Waals surface area contributed by atoms with E-state index in [2.05, 4.69) is 53.7 Å². The van der Waals surface area contributed by atoms with Crippen LogP contribution in [0.1, 0.15) is 89.7 Å². The second-order valence-corrected chi connectivity index (χ2v) is 36.2. The van der Waals surface area contributed by atoms with E-state index < -0.39 is 46.6 Å². The van der Waals surface area contributed by atoms with Crippen molar-refractivity contribution in [2.24, 2.45) is 0 Å². The molecule has 0 saturated carbocycles. The van der Waals surface area contributed by atoms with Gasteiger partial charge in [-0.05, 0) is 0 Å². The first kappa shape index (κ1) is 37.0. The quantitative estimate of drug-likeness (QED) is 0.180. The summed E-state index contributed by atoms with van der Waals surface area (Å²) in [6.07, 6.45) is -2.16. The fourth-order valence-electron chi connectivity index (χ4n) is 7.46. The van der Waals surface area contributed by atoms with Gasteiger partial charge in [0.15, 0.2) is 0 Å². The van der Waals surface area contributed by atoms with Gasteiger partial charge in [0.2, 0.25) is 0 Å². The van der Waals surface area contributed by atoms with Gasteiger partial charge in [0.1, 0.15) is 0 Å². The minimum atomic E-state index is -6.23. The first-order valence-electron chi connectivity index (χ1n) is 16.5. The van der Waals surface area contributed by atoms with Crippen molar-refractivity contribution in [2.45, 2.75) is 72.0 Å². The Balaban J connectivity index is 1.85. The molecule has 0 bridgehead atoms. The van der Waals surface area contributed by atoms with Crippen LogP contribution in [0.2, 0.25) is 3.63 Å². The number of rotatable bonds is 4. The maximum atomic E-state index is 14.3. The number of allylic oxidation sites excluding steroid dienone is 4. The number of fused-ring (bicyclic) bond motifs is 3. The number of hydrogen-bond donors (Lipinski definition) is 0. The van der Waals surface area contributed by atoms with Gasteiger partial charge in [-0.25, -0.2) is 0 Å². The molecular weight excluding hydrogens is 769 g/mol. The Kier molecular flexibility index (Phi) is 9.02. The molecule has 0 spiro atoms. The molecule has 0 heterocycles. The van der Waals surface area contributed by atoms with Gasteiger partial charge in [-0.15, -0.1) is 0 Å². The van der Waals surface area contributed by atoms with E-state index in [-0.39, 0.29) is 25.2 Å². The summed E-state index contributed by atoms with van der Waals surface area (Å²) in [5, 5.41) is 0. The molecule has 0 amide bonds. The molecule has 0 N–H and O–H groups in total. The molecule has 0 saturated heterocycles. The van der Waals surface area contributed by atoms with Gasteiger partial charge in [-0.1, -0.05) is 0 Å². The molecule has 262 valence electrons. The predicted octanol–water partition coefficient (Wildman–Crippen LogP) is 13.6. The Labute approximate surface area is 297 Å². The fourth-order valence-corrected chi connectivity index (χ4v) is 26.8. The van der Waals surface area contributed by atoms with Crippen LogP contribution in [-0.4, -0.2) is 3.21 Å². The van der Waals surface area contributed by atoms with Crippen LogP contribution in [0.4, 0.5) is 26.3 Å². The third kappa shape index (κ3) is 6.34. The van der Waals surface area contributed by atoms with E-state index in [0.29, 0.717) is 0 Å². The van der Waals surface area contributed by atoms with Crippen molar-refractivity contribution in [3.63, 3.8) is 0 Å². The molecule has 0 nitrogen and oxygen atoms in total. The number of benzene rings is 4. The molecule has 2 aliphatic rings. The number of hydrogen-bond acceptors (Lipinski definition) is 0. The number of halogens is 8. The zero-order valence-electron chi connectivity index (χ0n) is 28.6. The average molecular weight is 807 g/mol. The SMILES string of the molecule is CC(C)(C)c1ccc2c(c1)-c1cc(C(C)(C)C)ccc1[CH]2[Zr]([Cl])([Cl])(=[C](c1cccc(C(F)(F)F)c1)c1cccc(C(F)(F)F)c1)[CH]1C=CC=C1. The van der Waals surface area contributed by atoms with E-state index in [1.807, 2.05) is 36.4 Å². The van der Waals surface area contributed by atoms with Crippen LogP contribution >= 0.6 is 17.0 Å². The Hall–Kier alpha value is -2.73. The van der Waals surface area contributed by atoms with Crippen molar-refractivity contribution in [3.05, 3.63) is 154 Å². The standard InChI is InChI=1S/C21H25.C15H8F6.C5H5.2ClH.Zr/c1-20(2,3)16-9-7-14-11-15-8-10-17(21(4,5)6)13-19(15)18(14)12-16;16-14(17,18)12-5-1-3-10(8-12)7-11-4-2-6-13(9-11)15(19,20)21;1-2-4-5-3-1;;;/h7-13H,1-6H3;1-6,8-9H;1-5H;2*1H;/q;;;;;+2/p-2.